The van der Waals surface area contributed by atoms with Gasteiger partial charge < -0.3 is 4.43 Å². The molecule has 0 N–H and O–H groups in total. The standard InChI is InChI=1S/C18H28O4SSi/c1-15-10-12-17(13-11-15)23(19,20)21-14-8-9-16(2)22-24(6,7)18(3,4)5/h10-13,16H,14H2,1-7H3. The van der Waals surface area contributed by atoms with E-state index in [1.165, 1.54) is 12.1 Å². The lowest BCUT2D eigenvalue weighted by Gasteiger charge is -2.37. The van der Waals surface area contributed by atoms with Crippen LogP contribution in [0.15, 0.2) is 29.2 Å². The summed E-state index contributed by atoms with van der Waals surface area (Å²) in [7, 11) is -5.65. The van der Waals surface area contributed by atoms with Crippen molar-refractivity contribution in [3.05, 3.63) is 29.8 Å². The Balaban J connectivity index is 2.62. The predicted octanol–water partition coefficient (Wildman–Crippen LogP) is 4.11. The molecule has 24 heavy (non-hydrogen) atoms. The summed E-state index contributed by atoms with van der Waals surface area (Å²) in [6.07, 6.45) is -0.253. The maximum atomic E-state index is 12.0. The van der Waals surface area contributed by atoms with Crippen molar-refractivity contribution in [1.82, 2.24) is 0 Å². The van der Waals surface area contributed by atoms with Crippen LogP contribution in [0.4, 0.5) is 0 Å². The Morgan fingerprint density at radius 3 is 2.21 bits per heavy atom. The second kappa shape index (κ2) is 7.83. The summed E-state index contributed by atoms with van der Waals surface area (Å²) in [5, 5.41) is 0.105. The lowest BCUT2D eigenvalue weighted by molar-refractivity contribution is 0.251. The van der Waals surface area contributed by atoms with Crippen LogP contribution >= 0.6 is 0 Å². The van der Waals surface area contributed by atoms with Gasteiger partial charge in [-0.05, 0) is 44.1 Å². The van der Waals surface area contributed by atoms with Crippen LogP contribution in [0, 0.1) is 18.8 Å². The molecule has 0 aromatic heterocycles. The van der Waals surface area contributed by atoms with Gasteiger partial charge in [0.15, 0.2) is 8.32 Å². The zero-order valence-corrected chi connectivity index (χ0v) is 17.5. The summed E-state index contributed by atoms with van der Waals surface area (Å²) in [5.41, 5.74) is 0.991. The van der Waals surface area contributed by atoms with Crippen LogP contribution < -0.4 is 0 Å². The first-order valence-electron chi connectivity index (χ1n) is 7.97. The van der Waals surface area contributed by atoms with E-state index in [4.69, 9.17) is 8.61 Å². The molecule has 6 heteroatoms. The molecule has 134 valence electrons. The molecule has 0 amide bonds. The normalized spacial score (nSPS) is 14.0. The molecule has 1 aromatic carbocycles. The van der Waals surface area contributed by atoms with Crippen molar-refractivity contribution in [2.75, 3.05) is 6.61 Å². The molecule has 0 aliphatic rings. The minimum Gasteiger partial charge on any atom is -0.404 e. The van der Waals surface area contributed by atoms with Gasteiger partial charge in [0.05, 0.1) is 4.90 Å². The molecule has 0 saturated carbocycles. The Bertz CT molecular complexity index is 704. The van der Waals surface area contributed by atoms with Crippen LogP contribution in [0.1, 0.15) is 33.3 Å². The van der Waals surface area contributed by atoms with Crippen molar-refractivity contribution >= 4 is 18.4 Å². The van der Waals surface area contributed by atoms with Crippen molar-refractivity contribution in [2.45, 2.75) is 63.8 Å². The highest BCUT2D eigenvalue weighted by Crippen LogP contribution is 2.37. The minimum atomic E-state index is -3.77. The molecule has 0 spiro atoms. The second-order valence-electron chi connectivity index (χ2n) is 7.37. The van der Waals surface area contributed by atoms with Crippen LogP contribution in [0.25, 0.3) is 0 Å². The number of aryl methyl sites for hydroxylation is 1. The molecule has 0 fully saturated rings. The summed E-state index contributed by atoms with van der Waals surface area (Å²) in [6.45, 7) is 14.4. The number of rotatable bonds is 5. The SMILES string of the molecule is Cc1ccc(S(=O)(=O)OCC#CC(C)O[Si](C)(C)C(C)(C)C)cc1. The Hall–Kier alpha value is -1.13. The Labute approximate surface area is 147 Å². The molecule has 0 bridgehead atoms. The molecule has 0 radical (unpaired) electrons. The van der Waals surface area contributed by atoms with Crippen LogP contribution in [0.2, 0.25) is 18.1 Å². The van der Waals surface area contributed by atoms with E-state index in [-0.39, 0.29) is 22.6 Å². The molecule has 0 aliphatic heterocycles. The molecule has 0 heterocycles. The van der Waals surface area contributed by atoms with Gasteiger partial charge in [0.1, 0.15) is 12.7 Å². The third-order valence-electron chi connectivity index (χ3n) is 4.18. The van der Waals surface area contributed by atoms with Crippen LogP contribution in [-0.4, -0.2) is 29.4 Å². The fraction of sp³-hybridized carbons (Fsp3) is 0.556. The zero-order chi connectivity index (χ0) is 18.6. The molecule has 0 saturated heterocycles. The number of benzene rings is 1. The fourth-order valence-electron chi connectivity index (χ4n) is 1.71. The first kappa shape index (κ1) is 20.9. The van der Waals surface area contributed by atoms with Gasteiger partial charge in [-0.3, -0.25) is 4.18 Å². The highest BCUT2D eigenvalue weighted by Gasteiger charge is 2.38. The van der Waals surface area contributed by atoms with Gasteiger partial charge >= 0.3 is 0 Å². The molecule has 1 aromatic rings. The first-order valence-corrected chi connectivity index (χ1v) is 12.3. The van der Waals surface area contributed by atoms with Gasteiger partial charge in [-0.2, -0.15) is 8.42 Å². The molecule has 4 nitrogen and oxygen atoms in total. The largest absolute Gasteiger partial charge is 0.404 e. The summed E-state index contributed by atoms with van der Waals surface area (Å²) >= 11 is 0. The van der Waals surface area contributed by atoms with Crippen molar-refractivity contribution in [3.63, 3.8) is 0 Å². The van der Waals surface area contributed by atoms with Crippen molar-refractivity contribution in [3.8, 4) is 11.8 Å². The number of hydrogen-bond donors (Lipinski definition) is 0. The highest BCUT2D eigenvalue weighted by molar-refractivity contribution is 7.86. The summed E-state index contributed by atoms with van der Waals surface area (Å²) in [4.78, 5) is 0.139. The van der Waals surface area contributed by atoms with Gasteiger partial charge in [-0.1, -0.05) is 50.3 Å². The molecule has 1 rings (SSSR count). The molecular weight excluding hydrogens is 340 g/mol. The molecule has 1 atom stereocenters. The van der Waals surface area contributed by atoms with E-state index < -0.39 is 18.4 Å². The van der Waals surface area contributed by atoms with E-state index >= 15 is 0 Å². The summed E-state index contributed by atoms with van der Waals surface area (Å²) in [6, 6.07) is 6.52. The zero-order valence-electron chi connectivity index (χ0n) is 15.6. The molecular formula is C18H28O4SSi. The third-order valence-corrected chi connectivity index (χ3v) is 10.0. The van der Waals surface area contributed by atoms with Crippen molar-refractivity contribution < 1.29 is 17.0 Å². The van der Waals surface area contributed by atoms with Crippen LogP contribution in [-0.2, 0) is 18.7 Å². The lowest BCUT2D eigenvalue weighted by atomic mass is 10.2. The van der Waals surface area contributed by atoms with Crippen LogP contribution in [0.5, 0.6) is 0 Å². The summed E-state index contributed by atoms with van der Waals surface area (Å²) < 4.78 is 35.1. The molecule has 0 aliphatic carbocycles. The van der Waals surface area contributed by atoms with Crippen molar-refractivity contribution in [2.24, 2.45) is 0 Å². The topological polar surface area (TPSA) is 52.6 Å². The highest BCUT2D eigenvalue weighted by atomic mass is 32.2. The first-order chi connectivity index (χ1) is 10.8. The Kier molecular flexibility index (Phi) is 6.82. The smallest absolute Gasteiger partial charge is 0.297 e. The number of hydrogen-bond acceptors (Lipinski definition) is 4. The van der Waals surface area contributed by atoms with Gasteiger partial charge in [-0.15, -0.1) is 0 Å². The van der Waals surface area contributed by atoms with E-state index in [0.717, 1.165) is 5.56 Å². The lowest BCUT2D eigenvalue weighted by Crippen LogP contribution is -2.43. The van der Waals surface area contributed by atoms with Crippen LogP contribution in [0.3, 0.4) is 0 Å². The quantitative estimate of drug-likeness (QED) is 0.446. The summed E-state index contributed by atoms with van der Waals surface area (Å²) in [5.74, 6) is 5.66. The molecule has 1 unspecified atom stereocenters. The Morgan fingerprint density at radius 1 is 1.17 bits per heavy atom. The second-order valence-corrected chi connectivity index (χ2v) is 13.7. The predicted molar refractivity (Wildman–Crippen MR) is 99.8 cm³/mol. The van der Waals surface area contributed by atoms with E-state index in [1.807, 2.05) is 13.8 Å². The maximum Gasteiger partial charge on any atom is 0.297 e. The monoisotopic (exact) mass is 368 g/mol. The van der Waals surface area contributed by atoms with E-state index in [1.54, 1.807) is 12.1 Å². The minimum absolute atomic E-state index is 0.105. The van der Waals surface area contributed by atoms with E-state index in [2.05, 4.69) is 45.7 Å². The third kappa shape index (κ3) is 6.06. The average molecular weight is 369 g/mol. The van der Waals surface area contributed by atoms with Gasteiger partial charge in [0.2, 0.25) is 0 Å². The fourth-order valence-corrected chi connectivity index (χ4v) is 3.83. The average Bonchev–Trinajstić information content (AvgIpc) is 2.42. The van der Waals surface area contributed by atoms with Gasteiger partial charge in [0.25, 0.3) is 10.1 Å². The van der Waals surface area contributed by atoms with Gasteiger partial charge in [-0.25, -0.2) is 0 Å². The van der Waals surface area contributed by atoms with E-state index in [0.29, 0.717) is 0 Å². The maximum absolute atomic E-state index is 12.0. The van der Waals surface area contributed by atoms with Crippen molar-refractivity contribution in [1.29, 1.82) is 0 Å². The Morgan fingerprint density at radius 2 is 1.71 bits per heavy atom. The van der Waals surface area contributed by atoms with E-state index in [9.17, 15) is 8.42 Å². The van der Waals surface area contributed by atoms with Gasteiger partial charge in [0, 0.05) is 0 Å².